The van der Waals surface area contributed by atoms with Crippen molar-refractivity contribution in [2.45, 2.75) is 20.0 Å². The van der Waals surface area contributed by atoms with Crippen molar-refractivity contribution >= 4 is 29.2 Å². The van der Waals surface area contributed by atoms with E-state index in [0.717, 1.165) is 0 Å². The van der Waals surface area contributed by atoms with Gasteiger partial charge in [-0.2, -0.15) is 0 Å². The molecule has 2 rings (SSSR count). The second-order valence-corrected chi connectivity index (χ2v) is 5.56. The fourth-order valence-corrected chi connectivity index (χ4v) is 2.30. The number of rotatable bonds is 5. The Hall–Kier alpha value is -2.53. The first-order valence-electron chi connectivity index (χ1n) is 7.34. The Kier molecular flexibility index (Phi) is 5.82. The summed E-state index contributed by atoms with van der Waals surface area (Å²) in [4.78, 5) is 24.0. The molecule has 24 heavy (non-hydrogen) atoms. The second-order valence-electron chi connectivity index (χ2n) is 5.15. The van der Waals surface area contributed by atoms with Gasteiger partial charge in [-0.3, -0.25) is 4.79 Å². The van der Waals surface area contributed by atoms with E-state index in [2.05, 4.69) is 5.32 Å². The second kappa shape index (κ2) is 7.84. The molecule has 0 spiro atoms. The first-order chi connectivity index (χ1) is 11.4. The van der Waals surface area contributed by atoms with Gasteiger partial charge in [0.15, 0.2) is 6.10 Å². The highest BCUT2D eigenvalue weighted by atomic mass is 35.5. The summed E-state index contributed by atoms with van der Waals surface area (Å²) in [5.74, 6) is -0.370. The van der Waals surface area contributed by atoms with Crippen LogP contribution in [0.1, 0.15) is 22.8 Å². The van der Waals surface area contributed by atoms with E-state index < -0.39 is 12.1 Å². The molecule has 0 saturated heterocycles. The average molecular weight is 348 g/mol. The summed E-state index contributed by atoms with van der Waals surface area (Å²) in [7, 11) is 1.31. The van der Waals surface area contributed by atoms with Crippen molar-refractivity contribution < 1.29 is 19.1 Å². The number of esters is 1. The van der Waals surface area contributed by atoms with Crippen LogP contribution in [0.25, 0.3) is 0 Å². The lowest BCUT2D eigenvalue weighted by Crippen LogP contribution is -2.30. The van der Waals surface area contributed by atoms with E-state index in [1.54, 1.807) is 56.3 Å². The maximum Gasteiger partial charge on any atom is 0.338 e. The van der Waals surface area contributed by atoms with Crippen molar-refractivity contribution in [2.75, 3.05) is 12.4 Å². The van der Waals surface area contributed by atoms with Crippen LogP contribution >= 0.6 is 11.6 Å². The van der Waals surface area contributed by atoms with Crippen LogP contribution in [0.4, 0.5) is 5.69 Å². The lowest BCUT2D eigenvalue weighted by Gasteiger charge is -2.17. The third-order valence-corrected chi connectivity index (χ3v) is 3.82. The van der Waals surface area contributed by atoms with Crippen LogP contribution in [-0.2, 0) is 9.53 Å². The standard InChI is InChI=1S/C18H18ClNO4/c1-11-13(18(22)23-3)7-6-9-15(11)20-17(21)12(2)24-16-10-5-4-8-14(16)19/h4-10,12H,1-3H3,(H,20,21). The number of anilines is 1. The Labute approximate surface area is 145 Å². The molecule has 0 aliphatic heterocycles. The van der Waals surface area contributed by atoms with Gasteiger partial charge < -0.3 is 14.8 Å². The zero-order valence-electron chi connectivity index (χ0n) is 13.6. The van der Waals surface area contributed by atoms with Gasteiger partial charge in [-0.25, -0.2) is 4.79 Å². The van der Waals surface area contributed by atoms with Crippen LogP contribution in [0, 0.1) is 6.92 Å². The molecular weight excluding hydrogens is 330 g/mol. The van der Waals surface area contributed by atoms with E-state index in [-0.39, 0.29) is 5.91 Å². The zero-order chi connectivity index (χ0) is 17.7. The molecule has 1 amide bonds. The number of methoxy groups -OCH3 is 1. The number of hydrogen-bond donors (Lipinski definition) is 1. The molecule has 5 nitrogen and oxygen atoms in total. The third-order valence-electron chi connectivity index (χ3n) is 3.51. The van der Waals surface area contributed by atoms with Gasteiger partial charge in [-0.05, 0) is 43.7 Å². The van der Waals surface area contributed by atoms with E-state index in [9.17, 15) is 9.59 Å². The van der Waals surface area contributed by atoms with Gasteiger partial charge in [0, 0.05) is 5.69 Å². The van der Waals surface area contributed by atoms with E-state index in [0.29, 0.717) is 27.6 Å². The Morgan fingerprint density at radius 1 is 1.12 bits per heavy atom. The highest BCUT2D eigenvalue weighted by molar-refractivity contribution is 6.32. The Balaban J connectivity index is 2.12. The van der Waals surface area contributed by atoms with E-state index in [4.69, 9.17) is 21.1 Å². The van der Waals surface area contributed by atoms with E-state index in [1.807, 2.05) is 0 Å². The Morgan fingerprint density at radius 3 is 2.50 bits per heavy atom. The normalized spacial score (nSPS) is 11.5. The average Bonchev–Trinajstić information content (AvgIpc) is 2.58. The minimum Gasteiger partial charge on any atom is -0.479 e. The quantitative estimate of drug-likeness (QED) is 0.834. The lowest BCUT2D eigenvalue weighted by atomic mass is 10.1. The molecule has 0 bridgehead atoms. The van der Waals surface area contributed by atoms with Gasteiger partial charge in [-0.1, -0.05) is 29.8 Å². The van der Waals surface area contributed by atoms with Crippen molar-refractivity contribution in [3.63, 3.8) is 0 Å². The lowest BCUT2D eigenvalue weighted by molar-refractivity contribution is -0.122. The summed E-state index contributed by atoms with van der Waals surface area (Å²) in [5, 5.41) is 3.19. The molecule has 2 aromatic carbocycles. The molecule has 0 heterocycles. The predicted octanol–water partition coefficient (Wildman–Crippen LogP) is 3.84. The molecule has 0 aromatic heterocycles. The topological polar surface area (TPSA) is 64.6 Å². The van der Waals surface area contributed by atoms with Crippen molar-refractivity contribution in [1.82, 2.24) is 0 Å². The van der Waals surface area contributed by atoms with Crippen LogP contribution in [0.3, 0.4) is 0 Å². The number of nitrogens with one attached hydrogen (secondary N) is 1. The molecular formula is C18H18ClNO4. The van der Waals surface area contributed by atoms with Gasteiger partial charge in [0.1, 0.15) is 5.75 Å². The van der Waals surface area contributed by atoms with Crippen molar-refractivity contribution in [2.24, 2.45) is 0 Å². The summed E-state index contributed by atoms with van der Waals surface area (Å²) < 4.78 is 10.3. The largest absolute Gasteiger partial charge is 0.479 e. The monoisotopic (exact) mass is 347 g/mol. The maximum atomic E-state index is 12.3. The molecule has 0 fully saturated rings. The fourth-order valence-electron chi connectivity index (χ4n) is 2.12. The first-order valence-corrected chi connectivity index (χ1v) is 7.71. The minimum atomic E-state index is -0.758. The number of carbonyl (C=O) groups excluding carboxylic acids is 2. The number of benzene rings is 2. The molecule has 0 radical (unpaired) electrons. The molecule has 126 valence electrons. The van der Waals surface area contributed by atoms with Gasteiger partial charge in [0.25, 0.3) is 5.91 Å². The Bertz CT molecular complexity index is 760. The van der Waals surface area contributed by atoms with E-state index >= 15 is 0 Å². The van der Waals surface area contributed by atoms with Crippen molar-refractivity contribution in [3.8, 4) is 5.75 Å². The number of halogens is 1. The number of ether oxygens (including phenoxy) is 2. The van der Waals surface area contributed by atoms with Crippen molar-refractivity contribution in [1.29, 1.82) is 0 Å². The van der Waals surface area contributed by atoms with Crippen LogP contribution in [0.5, 0.6) is 5.75 Å². The molecule has 1 unspecified atom stereocenters. The third kappa shape index (κ3) is 4.06. The summed E-state index contributed by atoms with van der Waals surface area (Å²) in [5.41, 5.74) is 1.55. The highest BCUT2D eigenvalue weighted by Gasteiger charge is 2.18. The van der Waals surface area contributed by atoms with Crippen LogP contribution in [0.2, 0.25) is 5.02 Å². The van der Waals surface area contributed by atoms with Gasteiger partial charge in [0.2, 0.25) is 0 Å². The Morgan fingerprint density at radius 2 is 1.83 bits per heavy atom. The zero-order valence-corrected chi connectivity index (χ0v) is 14.4. The van der Waals surface area contributed by atoms with Crippen LogP contribution in [-0.4, -0.2) is 25.1 Å². The predicted molar refractivity (Wildman–Crippen MR) is 92.7 cm³/mol. The molecule has 1 N–H and O–H groups in total. The minimum absolute atomic E-state index is 0.347. The highest BCUT2D eigenvalue weighted by Crippen LogP contribution is 2.25. The van der Waals surface area contributed by atoms with Gasteiger partial charge in [0.05, 0.1) is 17.7 Å². The first kappa shape index (κ1) is 17.8. The number of hydrogen-bond acceptors (Lipinski definition) is 4. The molecule has 0 aliphatic carbocycles. The number of carbonyl (C=O) groups is 2. The SMILES string of the molecule is COC(=O)c1cccc(NC(=O)C(C)Oc2ccccc2Cl)c1C. The molecule has 1 atom stereocenters. The van der Waals surface area contributed by atoms with Crippen molar-refractivity contribution in [3.05, 3.63) is 58.6 Å². The molecule has 6 heteroatoms. The summed E-state index contributed by atoms with van der Waals surface area (Å²) in [6.07, 6.45) is -0.758. The molecule has 0 saturated carbocycles. The van der Waals surface area contributed by atoms with Crippen LogP contribution < -0.4 is 10.1 Å². The fraction of sp³-hybridized carbons (Fsp3) is 0.222. The van der Waals surface area contributed by atoms with E-state index in [1.165, 1.54) is 7.11 Å². The molecule has 0 aliphatic rings. The van der Waals surface area contributed by atoms with Gasteiger partial charge >= 0.3 is 5.97 Å². The maximum absolute atomic E-state index is 12.3. The summed E-state index contributed by atoms with van der Waals surface area (Å²) >= 11 is 6.02. The number of amides is 1. The van der Waals surface area contributed by atoms with Crippen LogP contribution in [0.15, 0.2) is 42.5 Å². The molecule has 2 aromatic rings. The van der Waals surface area contributed by atoms with Gasteiger partial charge in [-0.15, -0.1) is 0 Å². The summed E-state index contributed by atoms with van der Waals surface area (Å²) in [6.45, 7) is 3.36. The smallest absolute Gasteiger partial charge is 0.338 e. The number of para-hydroxylation sites is 1. The summed E-state index contributed by atoms with van der Waals surface area (Å²) in [6, 6.07) is 12.0.